The van der Waals surface area contributed by atoms with E-state index < -0.39 is 0 Å². The first-order chi connectivity index (χ1) is 7.79. The van der Waals surface area contributed by atoms with Crippen LogP contribution in [0.15, 0.2) is 29.3 Å². The second kappa shape index (κ2) is 5.12. The van der Waals surface area contributed by atoms with Crippen LogP contribution in [0.1, 0.15) is 24.0 Å². The summed E-state index contributed by atoms with van der Waals surface area (Å²) in [6.45, 7) is 3.50. The molecule has 0 aromatic heterocycles. The molecule has 0 spiro atoms. The van der Waals surface area contributed by atoms with E-state index >= 15 is 0 Å². The second-order valence-corrected chi connectivity index (χ2v) is 4.20. The molecule has 0 bridgehead atoms. The summed E-state index contributed by atoms with van der Waals surface area (Å²) in [5, 5.41) is 0. The number of rotatable bonds is 4. The SMILES string of the molecule is Cc1cccc(C2=NC(CCCN)CO2)c1. The highest BCUT2D eigenvalue weighted by Gasteiger charge is 2.19. The van der Waals surface area contributed by atoms with Gasteiger partial charge in [-0.25, -0.2) is 4.99 Å². The smallest absolute Gasteiger partial charge is 0.216 e. The Kier molecular flexibility index (Phi) is 3.57. The molecule has 3 heteroatoms. The van der Waals surface area contributed by atoms with Gasteiger partial charge in [0.05, 0.1) is 6.04 Å². The molecule has 0 fully saturated rings. The van der Waals surface area contributed by atoms with E-state index in [0.29, 0.717) is 12.6 Å². The average Bonchev–Trinajstić information content (AvgIpc) is 2.75. The molecule has 0 saturated heterocycles. The minimum absolute atomic E-state index is 0.291. The lowest BCUT2D eigenvalue weighted by molar-refractivity contribution is 0.311. The molecule has 1 heterocycles. The third-order valence-electron chi connectivity index (χ3n) is 2.72. The van der Waals surface area contributed by atoms with Crippen molar-refractivity contribution in [3.8, 4) is 0 Å². The van der Waals surface area contributed by atoms with Crippen molar-refractivity contribution in [1.29, 1.82) is 0 Å². The zero-order valence-corrected chi connectivity index (χ0v) is 9.65. The summed E-state index contributed by atoms with van der Waals surface area (Å²) in [6, 6.07) is 8.54. The highest BCUT2D eigenvalue weighted by molar-refractivity contribution is 5.95. The Labute approximate surface area is 96.3 Å². The molecule has 1 aromatic rings. The fraction of sp³-hybridized carbons (Fsp3) is 0.462. The van der Waals surface area contributed by atoms with Crippen molar-refractivity contribution in [1.82, 2.24) is 0 Å². The molecular weight excluding hydrogens is 200 g/mol. The molecular formula is C13H18N2O. The maximum absolute atomic E-state index is 5.61. The third-order valence-corrected chi connectivity index (χ3v) is 2.72. The average molecular weight is 218 g/mol. The molecule has 1 aromatic carbocycles. The Morgan fingerprint density at radius 2 is 2.38 bits per heavy atom. The van der Waals surface area contributed by atoms with Gasteiger partial charge in [0.25, 0.3) is 0 Å². The van der Waals surface area contributed by atoms with E-state index in [2.05, 4.69) is 24.0 Å². The highest BCUT2D eigenvalue weighted by atomic mass is 16.5. The number of nitrogens with zero attached hydrogens (tertiary/aromatic N) is 1. The molecule has 1 atom stereocenters. The van der Waals surface area contributed by atoms with Gasteiger partial charge in [-0.2, -0.15) is 0 Å². The lowest BCUT2D eigenvalue weighted by atomic mass is 10.1. The van der Waals surface area contributed by atoms with Crippen LogP contribution in [0.4, 0.5) is 0 Å². The first-order valence-electron chi connectivity index (χ1n) is 5.77. The minimum Gasteiger partial charge on any atom is -0.475 e. The monoisotopic (exact) mass is 218 g/mol. The zero-order valence-electron chi connectivity index (χ0n) is 9.65. The van der Waals surface area contributed by atoms with Crippen molar-refractivity contribution in [3.63, 3.8) is 0 Å². The number of aliphatic imine (C=N–C) groups is 1. The van der Waals surface area contributed by atoms with Crippen LogP contribution < -0.4 is 5.73 Å². The molecule has 0 aliphatic carbocycles. The first-order valence-corrected chi connectivity index (χ1v) is 5.77. The zero-order chi connectivity index (χ0) is 11.4. The topological polar surface area (TPSA) is 47.6 Å². The third kappa shape index (κ3) is 2.61. The van der Waals surface area contributed by atoms with Crippen molar-refractivity contribution in [2.24, 2.45) is 10.7 Å². The molecule has 0 amide bonds. The van der Waals surface area contributed by atoms with Crippen LogP contribution in [0.25, 0.3) is 0 Å². The number of nitrogens with two attached hydrogens (primary N) is 1. The van der Waals surface area contributed by atoms with Crippen molar-refractivity contribution >= 4 is 5.90 Å². The van der Waals surface area contributed by atoms with E-state index in [1.54, 1.807) is 0 Å². The molecule has 16 heavy (non-hydrogen) atoms. The lowest BCUT2D eigenvalue weighted by Gasteiger charge is -2.02. The molecule has 3 nitrogen and oxygen atoms in total. The summed E-state index contributed by atoms with van der Waals surface area (Å²) in [4.78, 5) is 4.58. The van der Waals surface area contributed by atoms with Gasteiger partial charge in [0, 0.05) is 5.56 Å². The van der Waals surface area contributed by atoms with Crippen molar-refractivity contribution in [2.75, 3.05) is 13.2 Å². The van der Waals surface area contributed by atoms with Gasteiger partial charge in [0.1, 0.15) is 6.61 Å². The van der Waals surface area contributed by atoms with Crippen LogP contribution in [0, 0.1) is 6.92 Å². The summed E-state index contributed by atoms with van der Waals surface area (Å²) < 4.78 is 5.61. The normalized spacial score (nSPS) is 19.4. The van der Waals surface area contributed by atoms with E-state index in [-0.39, 0.29) is 0 Å². The number of benzene rings is 1. The van der Waals surface area contributed by atoms with E-state index in [1.165, 1.54) is 5.56 Å². The minimum atomic E-state index is 0.291. The number of ether oxygens (including phenoxy) is 1. The number of hydrogen-bond donors (Lipinski definition) is 1. The Morgan fingerprint density at radius 3 is 3.12 bits per heavy atom. The van der Waals surface area contributed by atoms with Crippen molar-refractivity contribution in [2.45, 2.75) is 25.8 Å². The van der Waals surface area contributed by atoms with Gasteiger partial charge in [-0.3, -0.25) is 0 Å². The quantitative estimate of drug-likeness (QED) is 0.838. The molecule has 1 unspecified atom stereocenters. The molecule has 1 aliphatic rings. The summed E-state index contributed by atoms with van der Waals surface area (Å²) in [5.41, 5.74) is 7.79. The van der Waals surface area contributed by atoms with Crippen molar-refractivity contribution < 1.29 is 4.74 Å². The molecule has 1 aliphatic heterocycles. The highest BCUT2D eigenvalue weighted by Crippen LogP contribution is 2.16. The van der Waals surface area contributed by atoms with Gasteiger partial charge < -0.3 is 10.5 Å². The van der Waals surface area contributed by atoms with Crippen molar-refractivity contribution in [3.05, 3.63) is 35.4 Å². The Morgan fingerprint density at radius 1 is 1.50 bits per heavy atom. The summed E-state index contributed by atoms with van der Waals surface area (Å²) >= 11 is 0. The van der Waals surface area contributed by atoms with Gasteiger partial charge in [0.2, 0.25) is 5.90 Å². The predicted molar refractivity (Wildman–Crippen MR) is 65.7 cm³/mol. The molecule has 2 rings (SSSR count). The van der Waals surface area contributed by atoms with Gasteiger partial charge >= 0.3 is 0 Å². The first kappa shape index (κ1) is 11.1. The standard InChI is InChI=1S/C13H18N2O/c1-10-4-2-5-11(8-10)13-15-12(9-16-13)6-3-7-14/h2,4-5,8,12H,3,6-7,9,14H2,1H3. The molecule has 0 radical (unpaired) electrons. The molecule has 2 N–H and O–H groups in total. The largest absolute Gasteiger partial charge is 0.475 e. The van der Waals surface area contributed by atoms with Gasteiger partial charge in [-0.15, -0.1) is 0 Å². The molecule has 0 saturated carbocycles. The van der Waals surface area contributed by atoms with Crippen LogP contribution in [-0.2, 0) is 4.74 Å². The van der Waals surface area contributed by atoms with E-state index in [0.717, 1.165) is 30.8 Å². The maximum Gasteiger partial charge on any atom is 0.216 e. The predicted octanol–water partition coefficient (Wildman–Crippen LogP) is 1.88. The second-order valence-electron chi connectivity index (χ2n) is 4.20. The van der Waals surface area contributed by atoms with Crippen LogP contribution in [0.3, 0.4) is 0 Å². The van der Waals surface area contributed by atoms with Gasteiger partial charge in [-0.1, -0.05) is 17.7 Å². The van der Waals surface area contributed by atoms with E-state index in [9.17, 15) is 0 Å². The molecule has 86 valence electrons. The van der Waals surface area contributed by atoms with Gasteiger partial charge in [-0.05, 0) is 38.4 Å². The number of hydrogen-bond acceptors (Lipinski definition) is 3. The number of aryl methyl sites for hydroxylation is 1. The Balaban J connectivity index is 2.06. The van der Waals surface area contributed by atoms with E-state index in [4.69, 9.17) is 10.5 Å². The van der Waals surface area contributed by atoms with Crippen LogP contribution in [0.2, 0.25) is 0 Å². The maximum atomic E-state index is 5.61. The van der Waals surface area contributed by atoms with E-state index in [1.807, 2.05) is 12.1 Å². The Hall–Kier alpha value is -1.35. The van der Waals surface area contributed by atoms with Crippen LogP contribution in [0.5, 0.6) is 0 Å². The Bertz CT molecular complexity index is 387. The van der Waals surface area contributed by atoms with Gasteiger partial charge in [0.15, 0.2) is 0 Å². The summed E-state index contributed by atoms with van der Waals surface area (Å²) in [5.74, 6) is 0.783. The fourth-order valence-electron chi connectivity index (χ4n) is 1.85. The van der Waals surface area contributed by atoms with Crippen LogP contribution >= 0.6 is 0 Å². The fourth-order valence-corrected chi connectivity index (χ4v) is 1.85. The summed E-state index contributed by atoms with van der Waals surface area (Å²) in [6.07, 6.45) is 2.03. The summed E-state index contributed by atoms with van der Waals surface area (Å²) in [7, 11) is 0. The lowest BCUT2D eigenvalue weighted by Crippen LogP contribution is -2.09. The van der Waals surface area contributed by atoms with Crippen LogP contribution in [-0.4, -0.2) is 25.1 Å².